The molecule has 3 aliphatic rings. The first-order valence-corrected chi connectivity index (χ1v) is 14.8. The standard InChI is InChI=1S/C30H51N3O6/c1-28(2,3)39-27(37)32-23-25(35)33-18-19-21(30(19,6)7)22(33)24(34)31-20(26(36)38-8)16-14-12-10-9-11-13-15-17-29(23,4)5/h19-23H,9-18H2,1-8H3,(H,31,34)(H,32,37)/t19?,20-,21?,22-,23+/m0/s1. The monoisotopic (exact) mass is 549 g/mol. The molecule has 5 atom stereocenters. The maximum absolute atomic E-state index is 14.3. The number of nitrogens with one attached hydrogen (secondary N) is 2. The number of carbonyl (C=O) groups is 4. The van der Waals surface area contributed by atoms with Gasteiger partial charge in [0.2, 0.25) is 11.8 Å². The number of piperidine rings is 1. The van der Waals surface area contributed by atoms with Crippen molar-refractivity contribution in [3.63, 3.8) is 0 Å². The molecule has 2 saturated heterocycles. The first kappa shape index (κ1) is 31.2. The molecule has 0 aromatic rings. The molecule has 2 aliphatic heterocycles. The van der Waals surface area contributed by atoms with Gasteiger partial charge in [0.1, 0.15) is 23.7 Å². The summed E-state index contributed by atoms with van der Waals surface area (Å²) >= 11 is 0. The van der Waals surface area contributed by atoms with E-state index in [-0.39, 0.29) is 29.1 Å². The molecule has 3 rings (SSSR count). The minimum atomic E-state index is -0.852. The Kier molecular flexibility index (Phi) is 9.64. The zero-order chi connectivity index (χ0) is 29.2. The SMILES string of the molecule is COC(=O)[C@@H]1CCCCCCCCCC(C)(C)[C@H](NC(=O)OC(C)(C)C)C(=O)N2CC3C([C@H]2C(=O)N1)C3(C)C. The van der Waals surface area contributed by atoms with Crippen LogP contribution in [0, 0.1) is 22.7 Å². The molecule has 222 valence electrons. The van der Waals surface area contributed by atoms with Gasteiger partial charge >= 0.3 is 12.1 Å². The van der Waals surface area contributed by atoms with Crippen molar-refractivity contribution in [2.24, 2.45) is 22.7 Å². The molecule has 0 spiro atoms. The Hall–Kier alpha value is -2.32. The summed E-state index contributed by atoms with van der Waals surface area (Å²) in [4.78, 5) is 55.2. The van der Waals surface area contributed by atoms with Gasteiger partial charge in [-0.3, -0.25) is 9.59 Å². The number of nitrogens with zero attached hydrogens (tertiary/aromatic N) is 1. The van der Waals surface area contributed by atoms with Gasteiger partial charge in [-0.05, 0) is 56.3 Å². The van der Waals surface area contributed by atoms with E-state index in [4.69, 9.17) is 9.47 Å². The topological polar surface area (TPSA) is 114 Å². The fourth-order valence-corrected chi connectivity index (χ4v) is 6.60. The number of methoxy groups -OCH3 is 1. The Labute approximate surface area is 234 Å². The van der Waals surface area contributed by atoms with E-state index < -0.39 is 41.2 Å². The summed E-state index contributed by atoms with van der Waals surface area (Å²) in [5.74, 6) is -0.881. The fourth-order valence-electron chi connectivity index (χ4n) is 6.60. The van der Waals surface area contributed by atoms with Crippen molar-refractivity contribution in [2.75, 3.05) is 13.7 Å². The Bertz CT molecular complexity index is 924. The maximum atomic E-state index is 14.3. The third kappa shape index (κ3) is 7.46. The number of rotatable bonds is 2. The molecule has 3 amide bonds. The van der Waals surface area contributed by atoms with E-state index in [1.54, 1.807) is 25.7 Å². The van der Waals surface area contributed by atoms with Gasteiger partial charge in [-0.1, -0.05) is 72.6 Å². The highest BCUT2D eigenvalue weighted by atomic mass is 16.6. The molecular weight excluding hydrogens is 498 g/mol. The van der Waals surface area contributed by atoms with E-state index >= 15 is 0 Å². The highest BCUT2D eigenvalue weighted by molar-refractivity contribution is 5.95. The smallest absolute Gasteiger partial charge is 0.408 e. The second-order valence-corrected chi connectivity index (χ2v) is 14.1. The van der Waals surface area contributed by atoms with Crippen molar-refractivity contribution in [3.8, 4) is 0 Å². The van der Waals surface area contributed by atoms with Crippen LogP contribution in [0.3, 0.4) is 0 Å². The highest BCUT2D eigenvalue weighted by Crippen LogP contribution is 2.65. The van der Waals surface area contributed by atoms with Crippen LogP contribution in [0.25, 0.3) is 0 Å². The summed E-state index contributed by atoms with van der Waals surface area (Å²) in [6.07, 6.45) is 7.69. The average molecular weight is 550 g/mol. The summed E-state index contributed by atoms with van der Waals surface area (Å²) in [6, 6.07) is -2.31. The van der Waals surface area contributed by atoms with E-state index in [9.17, 15) is 19.2 Å². The van der Waals surface area contributed by atoms with E-state index in [0.717, 1.165) is 51.4 Å². The number of esters is 1. The fraction of sp³-hybridized carbons (Fsp3) is 0.867. The number of amides is 3. The van der Waals surface area contributed by atoms with Crippen LogP contribution in [-0.4, -0.2) is 66.2 Å². The van der Waals surface area contributed by atoms with Crippen molar-refractivity contribution < 1.29 is 28.7 Å². The predicted molar refractivity (Wildman–Crippen MR) is 149 cm³/mol. The minimum Gasteiger partial charge on any atom is -0.467 e. The van der Waals surface area contributed by atoms with Crippen molar-refractivity contribution in [1.82, 2.24) is 15.5 Å². The molecule has 1 saturated carbocycles. The second-order valence-electron chi connectivity index (χ2n) is 14.1. The van der Waals surface area contributed by atoms with Gasteiger partial charge in [-0.25, -0.2) is 9.59 Å². The summed E-state index contributed by atoms with van der Waals surface area (Å²) in [7, 11) is 1.33. The van der Waals surface area contributed by atoms with Gasteiger partial charge in [-0.2, -0.15) is 0 Å². The van der Waals surface area contributed by atoms with E-state index in [2.05, 4.69) is 24.5 Å². The van der Waals surface area contributed by atoms with E-state index in [0.29, 0.717) is 13.0 Å². The Morgan fingerprint density at radius 3 is 2.15 bits per heavy atom. The number of ether oxygens (including phenoxy) is 2. The molecule has 2 heterocycles. The summed E-state index contributed by atoms with van der Waals surface area (Å²) in [5.41, 5.74) is -1.35. The first-order valence-electron chi connectivity index (χ1n) is 14.8. The molecule has 2 N–H and O–H groups in total. The van der Waals surface area contributed by atoms with Crippen LogP contribution >= 0.6 is 0 Å². The lowest BCUT2D eigenvalue weighted by atomic mass is 9.78. The van der Waals surface area contributed by atoms with Crippen LogP contribution in [0.5, 0.6) is 0 Å². The molecule has 0 aromatic carbocycles. The highest BCUT2D eigenvalue weighted by Gasteiger charge is 2.70. The number of hydrogen-bond acceptors (Lipinski definition) is 6. The number of hydrogen-bond donors (Lipinski definition) is 2. The van der Waals surface area contributed by atoms with Crippen molar-refractivity contribution in [3.05, 3.63) is 0 Å². The predicted octanol–water partition coefficient (Wildman–Crippen LogP) is 4.57. The van der Waals surface area contributed by atoms with Crippen molar-refractivity contribution in [1.29, 1.82) is 0 Å². The van der Waals surface area contributed by atoms with Crippen molar-refractivity contribution in [2.45, 2.75) is 130 Å². The van der Waals surface area contributed by atoms with Crippen LogP contribution in [-0.2, 0) is 23.9 Å². The lowest BCUT2D eigenvalue weighted by molar-refractivity contribution is -0.148. The van der Waals surface area contributed by atoms with Crippen LogP contribution in [0.15, 0.2) is 0 Å². The molecule has 3 fully saturated rings. The van der Waals surface area contributed by atoms with E-state index in [1.165, 1.54) is 7.11 Å². The van der Waals surface area contributed by atoms with Crippen molar-refractivity contribution >= 4 is 23.9 Å². The number of carbonyl (C=O) groups excluding carboxylic acids is 4. The lowest BCUT2D eigenvalue weighted by Crippen LogP contribution is -2.61. The third-order valence-corrected chi connectivity index (χ3v) is 9.07. The molecule has 2 unspecified atom stereocenters. The summed E-state index contributed by atoms with van der Waals surface area (Å²) < 4.78 is 10.5. The zero-order valence-electron chi connectivity index (χ0n) is 25.4. The molecule has 0 aromatic heterocycles. The molecule has 39 heavy (non-hydrogen) atoms. The lowest BCUT2D eigenvalue weighted by Gasteiger charge is -2.39. The van der Waals surface area contributed by atoms with Crippen LogP contribution in [0.2, 0.25) is 0 Å². The van der Waals surface area contributed by atoms with Crippen LogP contribution in [0.4, 0.5) is 4.79 Å². The van der Waals surface area contributed by atoms with E-state index in [1.807, 2.05) is 13.8 Å². The largest absolute Gasteiger partial charge is 0.467 e. The summed E-state index contributed by atoms with van der Waals surface area (Å²) in [5, 5.41) is 5.82. The Balaban J connectivity index is 1.94. The van der Waals surface area contributed by atoms with Crippen LogP contribution < -0.4 is 10.6 Å². The Morgan fingerprint density at radius 2 is 1.56 bits per heavy atom. The third-order valence-electron chi connectivity index (χ3n) is 9.07. The molecule has 9 nitrogen and oxygen atoms in total. The van der Waals surface area contributed by atoms with Gasteiger partial charge in [0, 0.05) is 6.54 Å². The number of alkyl carbamates (subject to hydrolysis) is 1. The molecule has 0 bridgehead atoms. The zero-order valence-corrected chi connectivity index (χ0v) is 25.4. The van der Waals surface area contributed by atoms with Gasteiger partial charge in [0.15, 0.2) is 0 Å². The molecule has 0 radical (unpaired) electrons. The second kappa shape index (κ2) is 12.0. The normalized spacial score (nSPS) is 31.7. The summed E-state index contributed by atoms with van der Waals surface area (Å²) in [6.45, 7) is 14.1. The van der Waals surface area contributed by atoms with Gasteiger partial charge < -0.3 is 25.0 Å². The molecule has 9 heteroatoms. The Morgan fingerprint density at radius 1 is 0.974 bits per heavy atom. The quantitative estimate of drug-likeness (QED) is 0.488. The number of fused-ring (bicyclic) bond motifs is 3. The minimum absolute atomic E-state index is 0.00730. The average Bonchev–Trinajstić information content (AvgIpc) is 3.16. The van der Waals surface area contributed by atoms with Gasteiger partial charge in [-0.15, -0.1) is 0 Å². The van der Waals surface area contributed by atoms with Crippen LogP contribution in [0.1, 0.15) is 106 Å². The van der Waals surface area contributed by atoms with Gasteiger partial charge in [0.25, 0.3) is 0 Å². The molecular formula is C30H51N3O6. The maximum Gasteiger partial charge on any atom is 0.408 e. The first-order chi connectivity index (χ1) is 18.1. The van der Waals surface area contributed by atoms with Gasteiger partial charge in [0.05, 0.1) is 7.11 Å². The molecule has 1 aliphatic carbocycles.